The molecule has 16 heavy (non-hydrogen) atoms. The van der Waals surface area contributed by atoms with Gasteiger partial charge in [0.05, 0.1) is 5.02 Å². The van der Waals surface area contributed by atoms with Crippen molar-refractivity contribution in [3.05, 3.63) is 22.8 Å². The monoisotopic (exact) mass is 241 g/mol. The first-order chi connectivity index (χ1) is 7.47. The number of pyridine rings is 1. The highest BCUT2D eigenvalue weighted by Crippen LogP contribution is 2.26. The molecule has 4 heteroatoms. The van der Waals surface area contributed by atoms with Crippen molar-refractivity contribution in [3.8, 4) is 0 Å². The van der Waals surface area contributed by atoms with Gasteiger partial charge in [-0.25, -0.2) is 4.98 Å². The van der Waals surface area contributed by atoms with Gasteiger partial charge in [-0.05, 0) is 24.5 Å². The van der Waals surface area contributed by atoms with Crippen LogP contribution in [0.3, 0.4) is 0 Å². The van der Waals surface area contributed by atoms with Crippen LogP contribution in [0.25, 0.3) is 0 Å². The lowest BCUT2D eigenvalue weighted by molar-refractivity contribution is 0.503. The fourth-order valence-corrected chi connectivity index (χ4v) is 1.80. The van der Waals surface area contributed by atoms with Crippen molar-refractivity contribution in [3.63, 3.8) is 0 Å². The van der Waals surface area contributed by atoms with Gasteiger partial charge < -0.3 is 10.6 Å². The molecule has 0 aromatic carbocycles. The molecule has 0 aliphatic rings. The number of hydrogen-bond donors (Lipinski definition) is 1. The zero-order chi connectivity index (χ0) is 12.3. The maximum Gasteiger partial charge on any atom is 0.147 e. The van der Waals surface area contributed by atoms with Crippen LogP contribution < -0.4 is 10.6 Å². The Bertz CT molecular complexity index is 352. The number of nitrogens with two attached hydrogens (primary N) is 1. The van der Waals surface area contributed by atoms with Crippen molar-refractivity contribution in [2.75, 3.05) is 11.9 Å². The maximum absolute atomic E-state index is 6.19. The van der Waals surface area contributed by atoms with E-state index in [-0.39, 0.29) is 0 Å². The molecule has 0 spiro atoms. The van der Waals surface area contributed by atoms with E-state index in [1.807, 2.05) is 13.1 Å². The van der Waals surface area contributed by atoms with Gasteiger partial charge in [0, 0.05) is 25.8 Å². The molecule has 0 radical (unpaired) electrons. The molecule has 0 bridgehead atoms. The molecule has 0 amide bonds. The van der Waals surface area contributed by atoms with Crippen molar-refractivity contribution in [2.24, 2.45) is 11.7 Å². The van der Waals surface area contributed by atoms with Gasteiger partial charge in [0.2, 0.25) is 0 Å². The van der Waals surface area contributed by atoms with Gasteiger partial charge in [0.1, 0.15) is 5.82 Å². The van der Waals surface area contributed by atoms with E-state index < -0.39 is 0 Å². The van der Waals surface area contributed by atoms with Crippen LogP contribution in [0.1, 0.15) is 26.3 Å². The Balaban J connectivity index is 2.96. The molecule has 0 fully saturated rings. The van der Waals surface area contributed by atoms with Gasteiger partial charge in [0.15, 0.2) is 0 Å². The van der Waals surface area contributed by atoms with Crippen LogP contribution in [0.5, 0.6) is 0 Å². The Hall–Kier alpha value is -0.800. The second-order valence-electron chi connectivity index (χ2n) is 4.45. The molecule has 0 aliphatic heterocycles. The minimum absolute atomic E-state index is 0.397. The van der Waals surface area contributed by atoms with E-state index in [0.717, 1.165) is 11.4 Å². The Labute approximate surface area is 103 Å². The number of rotatable bonds is 4. The smallest absolute Gasteiger partial charge is 0.147 e. The number of nitrogens with zero attached hydrogens (tertiary/aromatic N) is 2. The van der Waals surface area contributed by atoms with E-state index in [0.29, 0.717) is 23.5 Å². The summed E-state index contributed by atoms with van der Waals surface area (Å²) in [5.41, 5.74) is 6.50. The van der Waals surface area contributed by atoms with Crippen molar-refractivity contribution >= 4 is 17.4 Å². The summed E-state index contributed by atoms with van der Waals surface area (Å²) < 4.78 is 0. The molecule has 0 aliphatic carbocycles. The first kappa shape index (κ1) is 13.3. The summed E-state index contributed by atoms with van der Waals surface area (Å²) in [6, 6.07) is 2.28. The molecule has 1 heterocycles. The van der Waals surface area contributed by atoms with E-state index in [1.165, 1.54) is 0 Å². The summed E-state index contributed by atoms with van der Waals surface area (Å²) in [7, 11) is 2.01. The Morgan fingerprint density at radius 2 is 2.06 bits per heavy atom. The van der Waals surface area contributed by atoms with Gasteiger partial charge in [-0.3, -0.25) is 0 Å². The summed E-state index contributed by atoms with van der Waals surface area (Å²) in [6.45, 7) is 7.00. The van der Waals surface area contributed by atoms with Crippen molar-refractivity contribution in [2.45, 2.75) is 33.4 Å². The normalized spacial score (nSPS) is 12.9. The molecule has 90 valence electrons. The van der Waals surface area contributed by atoms with Gasteiger partial charge in [0.25, 0.3) is 0 Å². The fourth-order valence-electron chi connectivity index (χ4n) is 1.48. The van der Waals surface area contributed by atoms with Crippen molar-refractivity contribution in [1.82, 2.24) is 4.98 Å². The van der Waals surface area contributed by atoms with Gasteiger partial charge in [-0.15, -0.1) is 0 Å². The standard InChI is InChI=1S/C12H20ClN3/c1-8(2)9(3)16(4)12-11(13)5-10(6-14)7-15-12/h5,7-9H,6,14H2,1-4H3. The fraction of sp³-hybridized carbons (Fsp3) is 0.583. The topological polar surface area (TPSA) is 42.2 Å². The summed E-state index contributed by atoms with van der Waals surface area (Å²) >= 11 is 6.19. The lowest BCUT2D eigenvalue weighted by atomic mass is 10.1. The van der Waals surface area contributed by atoms with Crippen molar-refractivity contribution in [1.29, 1.82) is 0 Å². The minimum atomic E-state index is 0.397. The SMILES string of the molecule is CC(C)C(C)N(C)c1ncc(CN)cc1Cl. The van der Waals surface area contributed by atoms with Crippen LogP contribution in [0.2, 0.25) is 5.02 Å². The third-order valence-corrected chi connectivity index (χ3v) is 3.30. The van der Waals surface area contributed by atoms with Gasteiger partial charge in [-0.1, -0.05) is 25.4 Å². The third-order valence-electron chi connectivity index (χ3n) is 3.02. The van der Waals surface area contributed by atoms with E-state index >= 15 is 0 Å². The Morgan fingerprint density at radius 3 is 2.50 bits per heavy atom. The molecular weight excluding hydrogens is 222 g/mol. The quantitative estimate of drug-likeness (QED) is 0.881. The lowest BCUT2D eigenvalue weighted by Gasteiger charge is -2.29. The zero-order valence-corrected chi connectivity index (χ0v) is 11.1. The van der Waals surface area contributed by atoms with Crippen LogP contribution in [0.4, 0.5) is 5.82 Å². The van der Waals surface area contributed by atoms with Crippen molar-refractivity contribution < 1.29 is 0 Å². The molecule has 0 saturated heterocycles. The molecular formula is C12H20ClN3. The number of anilines is 1. The summed E-state index contributed by atoms with van der Waals surface area (Å²) in [4.78, 5) is 6.47. The largest absolute Gasteiger partial charge is 0.355 e. The van der Waals surface area contributed by atoms with Gasteiger partial charge in [-0.2, -0.15) is 0 Å². The highest BCUT2D eigenvalue weighted by Gasteiger charge is 2.17. The highest BCUT2D eigenvalue weighted by molar-refractivity contribution is 6.33. The first-order valence-electron chi connectivity index (χ1n) is 5.54. The average molecular weight is 242 g/mol. The average Bonchev–Trinajstić information content (AvgIpc) is 2.26. The summed E-state index contributed by atoms with van der Waals surface area (Å²) in [5.74, 6) is 1.37. The number of aromatic nitrogens is 1. The van der Waals surface area contributed by atoms with Crippen LogP contribution in [0.15, 0.2) is 12.3 Å². The molecule has 1 unspecified atom stereocenters. The second-order valence-corrected chi connectivity index (χ2v) is 4.86. The molecule has 1 aromatic rings. The number of halogens is 1. The molecule has 0 saturated carbocycles. The van der Waals surface area contributed by atoms with Crippen LogP contribution >= 0.6 is 11.6 Å². The second kappa shape index (κ2) is 5.51. The number of hydrogen-bond acceptors (Lipinski definition) is 3. The first-order valence-corrected chi connectivity index (χ1v) is 5.92. The van der Waals surface area contributed by atoms with E-state index in [9.17, 15) is 0 Å². The predicted molar refractivity (Wildman–Crippen MR) is 69.8 cm³/mol. The minimum Gasteiger partial charge on any atom is -0.355 e. The molecule has 2 N–H and O–H groups in total. The Kier molecular flexibility index (Phi) is 4.56. The Morgan fingerprint density at radius 1 is 1.44 bits per heavy atom. The maximum atomic E-state index is 6.19. The third kappa shape index (κ3) is 2.86. The lowest BCUT2D eigenvalue weighted by Crippen LogP contribution is -2.34. The zero-order valence-electron chi connectivity index (χ0n) is 10.4. The van der Waals surface area contributed by atoms with Crippen LogP contribution in [-0.2, 0) is 6.54 Å². The molecule has 1 rings (SSSR count). The summed E-state index contributed by atoms with van der Waals surface area (Å²) in [6.07, 6.45) is 1.78. The predicted octanol–water partition coefficient (Wildman–Crippen LogP) is 2.67. The summed E-state index contributed by atoms with van der Waals surface area (Å²) in [5, 5.41) is 0.665. The molecule has 1 atom stereocenters. The van der Waals surface area contributed by atoms with E-state index in [1.54, 1.807) is 6.20 Å². The molecule has 3 nitrogen and oxygen atoms in total. The molecule has 1 aromatic heterocycles. The van der Waals surface area contributed by atoms with E-state index in [4.69, 9.17) is 17.3 Å². The highest BCUT2D eigenvalue weighted by atomic mass is 35.5. The van der Waals surface area contributed by atoms with Gasteiger partial charge >= 0.3 is 0 Å². The van der Waals surface area contributed by atoms with E-state index in [2.05, 4.69) is 30.7 Å². The van der Waals surface area contributed by atoms with Crippen LogP contribution in [-0.4, -0.2) is 18.1 Å². The van der Waals surface area contributed by atoms with Crippen LogP contribution in [0, 0.1) is 5.92 Å².